The number of nitrogens with one attached hydrogen (secondary N) is 2. The second-order valence-electron chi connectivity index (χ2n) is 3.88. The van der Waals surface area contributed by atoms with Crippen LogP contribution in [0.15, 0.2) is 0 Å². The van der Waals surface area contributed by atoms with Crippen molar-refractivity contribution in [2.45, 2.75) is 19.1 Å². The van der Waals surface area contributed by atoms with Gasteiger partial charge in [-0.25, -0.2) is 13.1 Å². The Morgan fingerprint density at radius 1 is 1.53 bits per heavy atom. The normalized spacial score (nSPS) is 28.3. The smallest absolute Gasteiger partial charge is 0.316 e. The van der Waals surface area contributed by atoms with Crippen molar-refractivity contribution in [3.8, 4) is 0 Å². The first-order chi connectivity index (χ1) is 6.93. The zero-order chi connectivity index (χ0) is 11.5. The third-order valence-electron chi connectivity index (χ3n) is 2.77. The van der Waals surface area contributed by atoms with Crippen molar-refractivity contribution in [1.82, 2.24) is 10.0 Å². The third kappa shape index (κ3) is 3.66. The van der Waals surface area contributed by atoms with Crippen molar-refractivity contribution in [2.75, 3.05) is 19.6 Å². The van der Waals surface area contributed by atoms with Gasteiger partial charge in [-0.1, -0.05) is 6.92 Å². The molecule has 2 atom stereocenters. The molecule has 1 heterocycles. The molecule has 15 heavy (non-hydrogen) atoms. The fourth-order valence-electron chi connectivity index (χ4n) is 1.61. The first-order valence-electron chi connectivity index (χ1n) is 4.91. The van der Waals surface area contributed by atoms with E-state index in [4.69, 9.17) is 0 Å². The van der Waals surface area contributed by atoms with Crippen molar-refractivity contribution in [3.63, 3.8) is 0 Å². The van der Waals surface area contributed by atoms with Crippen LogP contribution in [0.3, 0.4) is 0 Å². The lowest BCUT2D eigenvalue weighted by atomic mass is 9.88. The van der Waals surface area contributed by atoms with Crippen molar-refractivity contribution in [3.05, 3.63) is 0 Å². The number of piperidine rings is 1. The molecule has 90 valence electrons. The van der Waals surface area contributed by atoms with Gasteiger partial charge in [-0.15, -0.1) is 0 Å². The van der Waals surface area contributed by atoms with Crippen molar-refractivity contribution in [1.29, 1.82) is 0 Å². The minimum atomic E-state index is -4.43. The van der Waals surface area contributed by atoms with Gasteiger partial charge in [0, 0.05) is 6.54 Å². The quantitative estimate of drug-likeness (QED) is 0.749. The van der Waals surface area contributed by atoms with E-state index in [-0.39, 0.29) is 12.5 Å². The van der Waals surface area contributed by atoms with Gasteiger partial charge in [0.2, 0.25) is 0 Å². The molecular formula is C8H16F2N2O2S. The lowest BCUT2D eigenvalue weighted by molar-refractivity contribution is 0.228. The van der Waals surface area contributed by atoms with Gasteiger partial charge < -0.3 is 5.32 Å². The van der Waals surface area contributed by atoms with Crippen LogP contribution in [0.25, 0.3) is 0 Å². The molecule has 0 radical (unpaired) electrons. The molecule has 0 aromatic heterocycles. The van der Waals surface area contributed by atoms with E-state index in [9.17, 15) is 17.2 Å². The van der Waals surface area contributed by atoms with Gasteiger partial charge in [0.05, 0.1) is 0 Å². The van der Waals surface area contributed by atoms with E-state index < -0.39 is 15.8 Å². The Hall–Kier alpha value is -0.270. The topological polar surface area (TPSA) is 58.2 Å². The summed E-state index contributed by atoms with van der Waals surface area (Å²) in [6, 6.07) is 0. The summed E-state index contributed by atoms with van der Waals surface area (Å²) < 4.78 is 47.5. The average molecular weight is 242 g/mol. The Morgan fingerprint density at radius 2 is 2.20 bits per heavy atom. The maximum Gasteiger partial charge on any atom is 0.350 e. The lowest BCUT2D eigenvalue weighted by Gasteiger charge is -2.29. The fraction of sp³-hybridized carbons (Fsp3) is 1.00. The van der Waals surface area contributed by atoms with E-state index in [0.717, 1.165) is 13.0 Å². The predicted octanol–water partition coefficient (Wildman–Crippen LogP) is 0.374. The Morgan fingerprint density at radius 3 is 2.73 bits per heavy atom. The number of halogens is 2. The van der Waals surface area contributed by atoms with Crippen LogP contribution >= 0.6 is 0 Å². The van der Waals surface area contributed by atoms with Crippen LogP contribution in [0.4, 0.5) is 8.78 Å². The molecule has 1 aliphatic rings. The van der Waals surface area contributed by atoms with Crippen LogP contribution in [0.2, 0.25) is 0 Å². The summed E-state index contributed by atoms with van der Waals surface area (Å²) in [6.45, 7) is 3.66. The van der Waals surface area contributed by atoms with Crippen molar-refractivity contribution in [2.24, 2.45) is 11.8 Å². The Bertz CT molecular complexity index is 295. The molecule has 1 fully saturated rings. The highest BCUT2D eigenvalue weighted by Gasteiger charge is 2.27. The molecule has 1 aliphatic heterocycles. The van der Waals surface area contributed by atoms with Gasteiger partial charge in [0.15, 0.2) is 0 Å². The van der Waals surface area contributed by atoms with E-state index in [0.29, 0.717) is 12.5 Å². The summed E-state index contributed by atoms with van der Waals surface area (Å²) in [5.41, 5.74) is 0. The standard InChI is InChI=1S/C8H16F2N2O2S/c1-6-2-3-11-4-7(6)5-12-15(13,14)8(9)10/h6-8,11-12H,2-5H2,1H3. The molecule has 0 aromatic rings. The molecule has 0 spiro atoms. The molecule has 0 amide bonds. The van der Waals surface area contributed by atoms with Crippen molar-refractivity contribution < 1.29 is 17.2 Å². The molecule has 0 saturated carbocycles. The molecule has 0 aliphatic carbocycles. The number of rotatable bonds is 4. The van der Waals surface area contributed by atoms with Gasteiger partial charge in [-0.2, -0.15) is 8.78 Å². The fourth-order valence-corrected chi connectivity index (χ4v) is 2.19. The summed E-state index contributed by atoms with van der Waals surface area (Å²) in [5.74, 6) is -2.90. The second kappa shape index (κ2) is 5.18. The zero-order valence-electron chi connectivity index (χ0n) is 8.54. The summed E-state index contributed by atoms with van der Waals surface area (Å²) in [6.07, 6.45) is 0.946. The minimum Gasteiger partial charge on any atom is -0.316 e. The Balaban J connectivity index is 2.42. The van der Waals surface area contributed by atoms with E-state index >= 15 is 0 Å². The molecular weight excluding hydrogens is 226 g/mol. The van der Waals surface area contributed by atoms with Crippen LogP contribution in [0, 0.1) is 11.8 Å². The number of sulfonamides is 1. The Kier molecular flexibility index (Phi) is 4.42. The molecule has 1 rings (SSSR count). The van der Waals surface area contributed by atoms with E-state index in [2.05, 4.69) is 5.32 Å². The van der Waals surface area contributed by atoms with E-state index in [1.165, 1.54) is 0 Å². The number of hydrogen-bond donors (Lipinski definition) is 2. The van der Waals surface area contributed by atoms with Crippen LogP contribution in [-0.2, 0) is 10.0 Å². The van der Waals surface area contributed by atoms with Gasteiger partial charge in [-0.05, 0) is 31.3 Å². The highest BCUT2D eigenvalue weighted by molar-refractivity contribution is 7.89. The highest BCUT2D eigenvalue weighted by atomic mass is 32.2. The van der Waals surface area contributed by atoms with Gasteiger partial charge in [0.25, 0.3) is 10.0 Å². The van der Waals surface area contributed by atoms with Crippen LogP contribution < -0.4 is 10.0 Å². The first-order valence-corrected chi connectivity index (χ1v) is 6.45. The minimum absolute atomic E-state index is 0.0842. The summed E-state index contributed by atoms with van der Waals surface area (Å²) >= 11 is 0. The predicted molar refractivity (Wildman–Crippen MR) is 53.1 cm³/mol. The van der Waals surface area contributed by atoms with E-state index in [1.54, 1.807) is 0 Å². The second-order valence-corrected chi connectivity index (χ2v) is 5.62. The molecule has 2 N–H and O–H groups in total. The van der Waals surface area contributed by atoms with Crippen molar-refractivity contribution >= 4 is 10.0 Å². The maximum absolute atomic E-state index is 12.0. The summed E-state index contributed by atoms with van der Waals surface area (Å²) in [5, 5.41) is 3.11. The molecule has 0 bridgehead atoms. The van der Waals surface area contributed by atoms with Crippen LogP contribution in [0.1, 0.15) is 13.3 Å². The van der Waals surface area contributed by atoms with Gasteiger partial charge >= 0.3 is 5.76 Å². The first kappa shape index (κ1) is 12.8. The molecule has 0 aromatic carbocycles. The summed E-state index contributed by atoms with van der Waals surface area (Å²) in [7, 11) is -4.43. The molecule has 4 nitrogen and oxygen atoms in total. The molecule has 2 unspecified atom stereocenters. The SMILES string of the molecule is CC1CCNCC1CNS(=O)(=O)C(F)F. The Labute approximate surface area is 88.5 Å². The highest BCUT2D eigenvalue weighted by Crippen LogP contribution is 2.17. The van der Waals surface area contributed by atoms with E-state index in [1.807, 2.05) is 11.6 Å². The monoisotopic (exact) mass is 242 g/mol. The molecule has 7 heteroatoms. The third-order valence-corrected chi connectivity index (χ3v) is 3.81. The van der Waals surface area contributed by atoms with Gasteiger partial charge in [-0.3, -0.25) is 0 Å². The number of hydrogen-bond acceptors (Lipinski definition) is 3. The van der Waals surface area contributed by atoms with Gasteiger partial charge in [0.1, 0.15) is 0 Å². The zero-order valence-corrected chi connectivity index (χ0v) is 9.36. The lowest BCUT2D eigenvalue weighted by Crippen LogP contribution is -2.43. The number of alkyl halides is 2. The maximum atomic E-state index is 12.0. The molecule has 1 saturated heterocycles. The summed E-state index contributed by atoms with van der Waals surface area (Å²) in [4.78, 5) is 0. The van der Waals surface area contributed by atoms with Crippen LogP contribution in [-0.4, -0.2) is 33.8 Å². The van der Waals surface area contributed by atoms with Crippen LogP contribution in [0.5, 0.6) is 0 Å². The largest absolute Gasteiger partial charge is 0.350 e. The average Bonchev–Trinajstić information content (AvgIpc) is 2.16.